The first kappa shape index (κ1) is 28.6. The maximum Gasteiger partial charge on any atom is 0.167 e. The molecule has 0 fully saturated rings. The van der Waals surface area contributed by atoms with Crippen molar-refractivity contribution in [2.24, 2.45) is 0 Å². The van der Waals surface area contributed by atoms with E-state index in [4.69, 9.17) is 19.4 Å². The van der Waals surface area contributed by atoms with Crippen LogP contribution in [-0.4, -0.2) is 15.0 Å². The Kier molecular flexibility index (Phi) is 6.26. The van der Waals surface area contributed by atoms with Crippen molar-refractivity contribution in [3.05, 3.63) is 152 Å². The predicted octanol–water partition coefficient (Wildman–Crippen LogP) is 13.2. The smallest absolute Gasteiger partial charge is 0.167 e. The van der Waals surface area contributed by atoms with Crippen LogP contribution >= 0.6 is 22.7 Å². The van der Waals surface area contributed by atoms with E-state index in [9.17, 15) is 0 Å². The van der Waals surface area contributed by atoms with Crippen molar-refractivity contribution >= 4 is 85.0 Å². The first-order valence-electron chi connectivity index (χ1n) is 16.9. The number of thiophene rings is 2. The van der Waals surface area contributed by atoms with Gasteiger partial charge in [0.2, 0.25) is 0 Å². The first-order valence-corrected chi connectivity index (χ1v) is 18.5. The van der Waals surface area contributed by atoms with E-state index >= 15 is 0 Å². The second-order valence-corrected chi connectivity index (χ2v) is 14.8. The van der Waals surface area contributed by atoms with Crippen LogP contribution in [0, 0.1) is 0 Å². The van der Waals surface area contributed by atoms with Gasteiger partial charge in [0, 0.05) is 62.2 Å². The number of nitrogens with zero attached hydrogens (tertiary/aromatic N) is 3. The number of rotatable bonds is 4. The van der Waals surface area contributed by atoms with Crippen molar-refractivity contribution in [3.8, 4) is 45.3 Å². The second-order valence-electron chi connectivity index (χ2n) is 12.7. The lowest BCUT2D eigenvalue weighted by Crippen LogP contribution is -2.00. The molecule has 0 aliphatic rings. The number of para-hydroxylation sites is 1. The second kappa shape index (κ2) is 11.2. The highest BCUT2D eigenvalue weighted by Crippen LogP contribution is 2.43. The van der Waals surface area contributed by atoms with Crippen molar-refractivity contribution in [1.82, 2.24) is 15.0 Å². The number of benzene rings is 7. The third kappa shape index (κ3) is 4.47. The van der Waals surface area contributed by atoms with Gasteiger partial charge in [0.05, 0.1) is 5.56 Å². The van der Waals surface area contributed by atoms with E-state index in [2.05, 4.69) is 121 Å². The fourth-order valence-corrected chi connectivity index (χ4v) is 9.82. The Bertz CT molecular complexity index is 3160. The van der Waals surface area contributed by atoms with Crippen LogP contribution in [0.1, 0.15) is 0 Å². The van der Waals surface area contributed by atoms with Gasteiger partial charge in [0.1, 0.15) is 11.2 Å². The molecule has 0 spiro atoms. The van der Waals surface area contributed by atoms with Crippen LogP contribution in [0.3, 0.4) is 0 Å². The summed E-state index contributed by atoms with van der Waals surface area (Å²) in [5.74, 6) is 1.85. The Morgan fingerprint density at radius 3 is 1.65 bits per heavy atom. The van der Waals surface area contributed by atoms with E-state index in [-0.39, 0.29) is 0 Å². The van der Waals surface area contributed by atoms with Gasteiger partial charge < -0.3 is 4.42 Å². The largest absolute Gasteiger partial charge is 0.455 e. The predicted molar refractivity (Wildman–Crippen MR) is 215 cm³/mol. The molecule has 4 heterocycles. The summed E-state index contributed by atoms with van der Waals surface area (Å²) in [5, 5.41) is 7.13. The number of fused-ring (bicyclic) bond motifs is 9. The van der Waals surface area contributed by atoms with Gasteiger partial charge in [-0.05, 0) is 47.5 Å². The van der Waals surface area contributed by atoms with Crippen LogP contribution in [-0.2, 0) is 0 Å². The normalized spacial score (nSPS) is 11.9. The number of furan rings is 1. The van der Waals surface area contributed by atoms with Gasteiger partial charge in [-0.15, -0.1) is 22.7 Å². The van der Waals surface area contributed by atoms with Crippen molar-refractivity contribution in [1.29, 1.82) is 0 Å². The summed E-state index contributed by atoms with van der Waals surface area (Å²) in [6.45, 7) is 0. The van der Waals surface area contributed by atoms with Gasteiger partial charge in [-0.2, -0.15) is 0 Å². The maximum atomic E-state index is 6.67. The molecule has 4 aromatic heterocycles. The van der Waals surface area contributed by atoms with E-state index in [1.54, 1.807) is 11.3 Å². The molecule has 11 aromatic rings. The van der Waals surface area contributed by atoms with Gasteiger partial charge in [-0.1, -0.05) is 115 Å². The van der Waals surface area contributed by atoms with E-state index in [1.807, 2.05) is 41.7 Å². The third-order valence-corrected chi connectivity index (χ3v) is 12.2. The summed E-state index contributed by atoms with van der Waals surface area (Å²) in [6, 6.07) is 53.1. The van der Waals surface area contributed by atoms with Crippen molar-refractivity contribution in [2.45, 2.75) is 0 Å². The highest BCUT2D eigenvalue weighted by atomic mass is 32.1. The zero-order chi connectivity index (χ0) is 33.5. The molecule has 0 aliphatic carbocycles. The molecule has 0 amide bonds. The molecule has 0 radical (unpaired) electrons. The quantitative estimate of drug-likeness (QED) is 0.185. The molecule has 51 heavy (non-hydrogen) atoms. The molecule has 4 nitrogen and oxygen atoms in total. The number of hydrogen-bond acceptors (Lipinski definition) is 6. The lowest BCUT2D eigenvalue weighted by molar-refractivity contribution is 0.669. The van der Waals surface area contributed by atoms with Gasteiger partial charge in [0.25, 0.3) is 0 Å². The summed E-state index contributed by atoms with van der Waals surface area (Å²) in [6.07, 6.45) is 0. The summed E-state index contributed by atoms with van der Waals surface area (Å²) >= 11 is 3.62. The molecule has 0 saturated carbocycles. The first-order chi connectivity index (χ1) is 25.3. The minimum atomic E-state index is 0.580. The SMILES string of the molecule is c1ccc(-c2nc(-c3cccc4c3oc3ccc(-c5cccc6c5sc5ccccc56)cc34)nc(-c3cccc4c3sc3ccccc34)n2)cc1. The van der Waals surface area contributed by atoms with E-state index in [1.165, 1.54) is 41.2 Å². The van der Waals surface area contributed by atoms with Gasteiger partial charge in [-0.25, -0.2) is 15.0 Å². The Balaban J connectivity index is 1.11. The third-order valence-electron chi connectivity index (χ3n) is 9.77. The van der Waals surface area contributed by atoms with Crippen LogP contribution in [0.25, 0.3) is 108 Å². The monoisotopic (exact) mass is 687 g/mol. The highest BCUT2D eigenvalue weighted by molar-refractivity contribution is 7.26. The average Bonchev–Trinajstić information content (AvgIpc) is 3.89. The molecule has 6 heteroatoms. The molecule has 0 bridgehead atoms. The van der Waals surface area contributed by atoms with E-state index < -0.39 is 0 Å². The van der Waals surface area contributed by atoms with Crippen LogP contribution in [0.4, 0.5) is 0 Å². The molecule has 238 valence electrons. The molecule has 7 aromatic carbocycles. The summed E-state index contributed by atoms with van der Waals surface area (Å²) < 4.78 is 11.7. The number of aromatic nitrogens is 3. The van der Waals surface area contributed by atoms with Crippen LogP contribution in [0.5, 0.6) is 0 Å². The molecule has 11 rings (SSSR count). The van der Waals surface area contributed by atoms with E-state index in [0.717, 1.165) is 48.9 Å². The summed E-state index contributed by atoms with van der Waals surface area (Å²) in [4.78, 5) is 15.4. The Morgan fingerprint density at radius 1 is 0.373 bits per heavy atom. The standard InChI is InChI=1S/C45H25N3OS2/c1-2-11-26(12-3-1)43-46-44(48-45(47-43)35-20-10-18-33-30-14-5-7-22-39(30)51-42(33)35)34-19-9-16-31-36-25-27(23-24-37(36)49-40(31)34)28-15-8-17-32-29-13-4-6-21-38(29)50-41(28)32/h1-25H. The lowest BCUT2D eigenvalue weighted by atomic mass is 10.00. The molecule has 0 atom stereocenters. The van der Waals surface area contributed by atoms with E-state index in [0.29, 0.717) is 17.5 Å². The fraction of sp³-hybridized carbons (Fsp3) is 0. The van der Waals surface area contributed by atoms with Crippen molar-refractivity contribution in [3.63, 3.8) is 0 Å². The molecule has 0 aliphatic heterocycles. The fourth-order valence-electron chi connectivity index (χ4n) is 7.37. The molecule has 0 N–H and O–H groups in total. The zero-order valence-electron chi connectivity index (χ0n) is 27.0. The average molecular weight is 688 g/mol. The maximum absolute atomic E-state index is 6.67. The molecular weight excluding hydrogens is 663 g/mol. The van der Waals surface area contributed by atoms with Gasteiger partial charge in [-0.3, -0.25) is 0 Å². The Hall–Kier alpha value is -6.21. The van der Waals surface area contributed by atoms with Gasteiger partial charge in [0.15, 0.2) is 17.5 Å². The molecule has 0 saturated heterocycles. The van der Waals surface area contributed by atoms with Gasteiger partial charge >= 0.3 is 0 Å². The topological polar surface area (TPSA) is 51.8 Å². The van der Waals surface area contributed by atoms with Crippen LogP contribution in [0.15, 0.2) is 156 Å². The number of hydrogen-bond donors (Lipinski definition) is 0. The highest BCUT2D eigenvalue weighted by Gasteiger charge is 2.20. The van der Waals surface area contributed by atoms with Crippen molar-refractivity contribution < 1.29 is 4.42 Å². The van der Waals surface area contributed by atoms with Crippen LogP contribution in [0.2, 0.25) is 0 Å². The minimum absolute atomic E-state index is 0.580. The summed E-state index contributed by atoms with van der Waals surface area (Å²) in [5.41, 5.74) is 6.75. The zero-order valence-corrected chi connectivity index (χ0v) is 28.6. The Morgan fingerprint density at radius 2 is 0.922 bits per heavy atom. The minimum Gasteiger partial charge on any atom is -0.455 e. The van der Waals surface area contributed by atoms with Crippen LogP contribution < -0.4 is 0 Å². The lowest BCUT2D eigenvalue weighted by Gasteiger charge is -2.09. The summed E-state index contributed by atoms with van der Waals surface area (Å²) in [7, 11) is 0. The molecule has 0 unspecified atom stereocenters. The van der Waals surface area contributed by atoms with Crippen molar-refractivity contribution in [2.75, 3.05) is 0 Å². The Labute approximate surface area is 299 Å². The molecular formula is C45H25N3OS2.